The van der Waals surface area contributed by atoms with Crippen LogP contribution in [0, 0.1) is 5.92 Å². The van der Waals surface area contributed by atoms with E-state index in [0.29, 0.717) is 18.3 Å². The molecule has 17 heavy (non-hydrogen) atoms. The fraction of sp³-hybridized carbons (Fsp3) is 0.455. The Bertz CT molecular complexity index is 402. The first-order valence-corrected chi connectivity index (χ1v) is 5.91. The molecule has 94 valence electrons. The van der Waals surface area contributed by atoms with Crippen molar-refractivity contribution in [2.45, 2.75) is 19.2 Å². The van der Waals surface area contributed by atoms with E-state index >= 15 is 0 Å². The molecule has 0 bridgehead atoms. The highest BCUT2D eigenvalue weighted by Gasteiger charge is 2.32. The third-order valence-corrected chi connectivity index (χ3v) is 2.97. The molecule has 1 aromatic carbocycles. The zero-order chi connectivity index (χ0) is 12.5. The molecular formula is C11H10BrF3O2. The van der Waals surface area contributed by atoms with Crippen molar-refractivity contribution in [3.8, 4) is 11.5 Å². The molecule has 0 aromatic heterocycles. The minimum absolute atomic E-state index is 0.244. The molecule has 1 aliphatic rings. The number of ether oxygens (including phenoxy) is 2. The Balaban J connectivity index is 2.05. The van der Waals surface area contributed by atoms with Gasteiger partial charge in [-0.2, -0.15) is 0 Å². The summed E-state index contributed by atoms with van der Waals surface area (Å²) in [5, 5.41) is 0. The topological polar surface area (TPSA) is 18.5 Å². The Kier molecular flexibility index (Phi) is 3.51. The maximum absolute atomic E-state index is 12.1. The highest BCUT2D eigenvalue weighted by atomic mass is 79.9. The first-order valence-electron chi connectivity index (χ1n) is 5.12. The third-order valence-electron chi connectivity index (χ3n) is 2.31. The van der Waals surface area contributed by atoms with Gasteiger partial charge < -0.3 is 9.47 Å². The molecule has 6 heteroatoms. The van der Waals surface area contributed by atoms with Gasteiger partial charge in [0.1, 0.15) is 11.5 Å². The molecule has 0 spiro atoms. The van der Waals surface area contributed by atoms with Crippen molar-refractivity contribution in [3.05, 3.63) is 22.7 Å². The molecule has 1 aromatic rings. The van der Waals surface area contributed by atoms with Crippen LogP contribution in [0.2, 0.25) is 0 Å². The minimum Gasteiger partial charge on any atom is -0.493 e. The molecule has 1 saturated carbocycles. The molecule has 1 fully saturated rings. The molecule has 0 heterocycles. The van der Waals surface area contributed by atoms with Crippen LogP contribution < -0.4 is 9.47 Å². The van der Waals surface area contributed by atoms with E-state index in [1.54, 1.807) is 6.07 Å². The van der Waals surface area contributed by atoms with Crippen molar-refractivity contribution in [2.24, 2.45) is 5.92 Å². The van der Waals surface area contributed by atoms with Gasteiger partial charge in [0.2, 0.25) is 0 Å². The lowest BCUT2D eigenvalue weighted by Gasteiger charge is -2.12. The molecule has 0 atom stereocenters. The zero-order valence-corrected chi connectivity index (χ0v) is 10.3. The molecule has 0 aliphatic heterocycles. The van der Waals surface area contributed by atoms with E-state index in [4.69, 9.17) is 4.74 Å². The van der Waals surface area contributed by atoms with Crippen LogP contribution in [0.4, 0.5) is 13.2 Å². The van der Waals surface area contributed by atoms with Gasteiger partial charge in [-0.25, -0.2) is 0 Å². The van der Waals surface area contributed by atoms with Gasteiger partial charge in [0.15, 0.2) is 0 Å². The van der Waals surface area contributed by atoms with Crippen molar-refractivity contribution in [1.29, 1.82) is 0 Å². The summed E-state index contributed by atoms with van der Waals surface area (Å²) in [6.45, 7) is 0.549. The zero-order valence-electron chi connectivity index (χ0n) is 8.76. The van der Waals surface area contributed by atoms with Crippen molar-refractivity contribution in [1.82, 2.24) is 0 Å². The lowest BCUT2D eigenvalue weighted by Crippen LogP contribution is -2.17. The Morgan fingerprint density at radius 3 is 2.59 bits per heavy atom. The second-order valence-corrected chi connectivity index (χ2v) is 4.75. The molecule has 0 unspecified atom stereocenters. The summed E-state index contributed by atoms with van der Waals surface area (Å²) >= 11 is 2.99. The van der Waals surface area contributed by atoms with Gasteiger partial charge in [-0.15, -0.1) is 13.2 Å². The van der Waals surface area contributed by atoms with E-state index in [9.17, 15) is 13.2 Å². The highest BCUT2D eigenvalue weighted by Crippen LogP contribution is 2.35. The van der Waals surface area contributed by atoms with Crippen molar-refractivity contribution in [3.63, 3.8) is 0 Å². The Hall–Kier alpha value is -0.910. The molecule has 0 amide bonds. The Morgan fingerprint density at radius 2 is 2.00 bits per heavy atom. The summed E-state index contributed by atoms with van der Waals surface area (Å²) < 4.78 is 45.8. The van der Waals surface area contributed by atoms with Crippen LogP contribution in [0.3, 0.4) is 0 Å². The lowest BCUT2D eigenvalue weighted by molar-refractivity contribution is -0.274. The average molecular weight is 311 g/mol. The summed E-state index contributed by atoms with van der Waals surface area (Å²) in [6, 6.07) is 4.32. The smallest absolute Gasteiger partial charge is 0.493 e. The standard InChI is InChI=1S/C11H10BrF3O2/c12-9-4-3-8(16-6-7-1-2-7)5-10(9)17-11(13,14)15/h3-5,7H,1-2,6H2. The molecule has 0 N–H and O–H groups in total. The Morgan fingerprint density at radius 1 is 1.29 bits per heavy atom. The van der Waals surface area contributed by atoms with E-state index in [1.807, 2.05) is 0 Å². The number of halogens is 4. The minimum atomic E-state index is -4.70. The van der Waals surface area contributed by atoms with Crippen LogP contribution in [0.25, 0.3) is 0 Å². The number of hydrogen-bond donors (Lipinski definition) is 0. The van der Waals surface area contributed by atoms with Crippen molar-refractivity contribution < 1.29 is 22.6 Å². The molecule has 2 rings (SSSR count). The molecule has 1 aliphatic carbocycles. The fourth-order valence-corrected chi connectivity index (χ4v) is 1.60. The predicted octanol–water partition coefficient (Wildman–Crippen LogP) is 4.14. The largest absolute Gasteiger partial charge is 0.573 e. The summed E-state index contributed by atoms with van der Waals surface area (Å²) in [7, 11) is 0. The maximum atomic E-state index is 12.1. The normalized spacial score (nSPS) is 15.8. The van der Waals surface area contributed by atoms with Gasteiger partial charge in [0, 0.05) is 6.07 Å². The first-order chi connectivity index (χ1) is 7.94. The fourth-order valence-electron chi connectivity index (χ4n) is 1.27. The Labute approximate surface area is 105 Å². The van der Waals surface area contributed by atoms with Crippen LogP contribution in [-0.2, 0) is 0 Å². The molecule has 0 radical (unpaired) electrons. The number of rotatable bonds is 4. The quantitative estimate of drug-likeness (QED) is 0.832. The van der Waals surface area contributed by atoms with Gasteiger partial charge in [-0.1, -0.05) is 0 Å². The number of alkyl halides is 3. The van der Waals surface area contributed by atoms with Crippen molar-refractivity contribution in [2.75, 3.05) is 6.61 Å². The van der Waals surface area contributed by atoms with Crippen LogP contribution >= 0.6 is 15.9 Å². The van der Waals surface area contributed by atoms with Gasteiger partial charge in [0.25, 0.3) is 0 Å². The van der Waals surface area contributed by atoms with Crippen LogP contribution in [0.1, 0.15) is 12.8 Å². The maximum Gasteiger partial charge on any atom is 0.573 e. The molecular weight excluding hydrogens is 301 g/mol. The van der Waals surface area contributed by atoms with E-state index in [-0.39, 0.29) is 10.2 Å². The van der Waals surface area contributed by atoms with Crippen LogP contribution in [0.5, 0.6) is 11.5 Å². The molecule has 2 nitrogen and oxygen atoms in total. The van der Waals surface area contributed by atoms with Crippen LogP contribution in [-0.4, -0.2) is 13.0 Å². The predicted molar refractivity (Wildman–Crippen MR) is 59.0 cm³/mol. The van der Waals surface area contributed by atoms with E-state index in [2.05, 4.69) is 20.7 Å². The van der Waals surface area contributed by atoms with Gasteiger partial charge in [-0.3, -0.25) is 0 Å². The summed E-state index contributed by atoms with van der Waals surface area (Å²) in [5.41, 5.74) is 0. The second kappa shape index (κ2) is 4.76. The number of benzene rings is 1. The SMILES string of the molecule is FC(F)(F)Oc1cc(OCC2CC2)ccc1Br. The molecule has 0 saturated heterocycles. The lowest BCUT2D eigenvalue weighted by atomic mass is 10.3. The van der Waals surface area contributed by atoms with Crippen LogP contribution in [0.15, 0.2) is 22.7 Å². The second-order valence-electron chi connectivity index (χ2n) is 3.89. The monoisotopic (exact) mass is 310 g/mol. The summed E-state index contributed by atoms with van der Waals surface area (Å²) in [6.07, 6.45) is -2.44. The van der Waals surface area contributed by atoms with E-state index in [0.717, 1.165) is 12.8 Å². The summed E-state index contributed by atoms with van der Waals surface area (Å²) in [5.74, 6) is 0.649. The van der Waals surface area contributed by atoms with E-state index in [1.165, 1.54) is 12.1 Å². The highest BCUT2D eigenvalue weighted by molar-refractivity contribution is 9.10. The first kappa shape index (κ1) is 12.5. The van der Waals surface area contributed by atoms with Gasteiger partial charge in [-0.05, 0) is 46.8 Å². The average Bonchev–Trinajstić information content (AvgIpc) is 3.01. The van der Waals surface area contributed by atoms with Gasteiger partial charge >= 0.3 is 6.36 Å². The summed E-state index contributed by atoms with van der Waals surface area (Å²) in [4.78, 5) is 0. The van der Waals surface area contributed by atoms with Crippen molar-refractivity contribution >= 4 is 15.9 Å². The van der Waals surface area contributed by atoms with E-state index < -0.39 is 6.36 Å². The third kappa shape index (κ3) is 4.11. The van der Waals surface area contributed by atoms with Gasteiger partial charge in [0.05, 0.1) is 11.1 Å². The number of hydrogen-bond acceptors (Lipinski definition) is 2.